The van der Waals surface area contributed by atoms with Crippen molar-refractivity contribution in [2.45, 2.75) is 31.7 Å². The van der Waals surface area contributed by atoms with Crippen molar-refractivity contribution in [3.8, 4) is 11.5 Å². The lowest BCUT2D eigenvalue weighted by atomic mass is 10.1. The van der Waals surface area contributed by atoms with Crippen LogP contribution in [0.25, 0.3) is 0 Å². The van der Waals surface area contributed by atoms with Crippen molar-refractivity contribution in [1.82, 2.24) is 4.98 Å². The van der Waals surface area contributed by atoms with Crippen LogP contribution in [-0.2, 0) is 17.8 Å². The Labute approximate surface area is 188 Å². The van der Waals surface area contributed by atoms with Gasteiger partial charge in [-0.25, -0.2) is 4.98 Å². The number of carbonyl (C=O) groups is 1. The summed E-state index contributed by atoms with van der Waals surface area (Å²) in [4.78, 5) is 19.5. The molecular weight excluding hydrogens is 435 g/mol. The molecule has 0 fully saturated rings. The smallest absolute Gasteiger partial charge is 0.389 e. The van der Waals surface area contributed by atoms with Crippen molar-refractivity contribution in [2.24, 2.45) is 0 Å². The van der Waals surface area contributed by atoms with E-state index in [1.807, 2.05) is 12.1 Å². The minimum atomic E-state index is -4.26. The molecule has 0 radical (unpaired) electrons. The molecule has 3 aromatic rings. The van der Waals surface area contributed by atoms with Gasteiger partial charge in [-0.1, -0.05) is 24.3 Å². The van der Waals surface area contributed by atoms with E-state index in [1.54, 1.807) is 48.7 Å². The lowest BCUT2D eigenvalue weighted by Crippen LogP contribution is -2.46. The van der Waals surface area contributed by atoms with E-state index >= 15 is 0 Å². The van der Waals surface area contributed by atoms with Crippen LogP contribution in [0.2, 0.25) is 0 Å². The van der Waals surface area contributed by atoms with Gasteiger partial charge in [0.2, 0.25) is 6.10 Å². The van der Waals surface area contributed by atoms with Crippen LogP contribution in [0.15, 0.2) is 60.8 Å². The maximum absolute atomic E-state index is 13.6. The van der Waals surface area contributed by atoms with Crippen LogP contribution < -0.4 is 19.7 Å². The summed E-state index contributed by atoms with van der Waals surface area (Å²) < 4.78 is 50.0. The second-order valence-electron chi connectivity index (χ2n) is 7.89. The number of carbonyl (C=O) groups excluding carboxylic acids is 1. The van der Waals surface area contributed by atoms with E-state index in [0.717, 1.165) is 5.56 Å². The van der Waals surface area contributed by atoms with E-state index in [0.29, 0.717) is 34.3 Å². The first-order valence-corrected chi connectivity index (χ1v) is 10.5. The number of aromatic nitrogens is 1. The van der Waals surface area contributed by atoms with E-state index in [2.05, 4.69) is 10.3 Å². The molecule has 170 valence electrons. The number of benzene rings is 2. The van der Waals surface area contributed by atoms with Crippen LogP contribution in [0.4, 0.5) is 30.4 Å². The number of para-hydroxylation sites is 2. The molecule has 1 atom stereocenters. The number of halogens is 3. The van der Waals surface area contributed by atoms with Gasteiger partial charge in [-0.05, 0) is 42.3 Å². The summed E-state index contributed by atoms with van der Waals surface area (Å²) in [6.45, 7) is 0.217. The lowest BCUT2D eigenvalue weighted by Gasteiger charge is -2.31. The van der Waals surface area contributed by atoms with E-state index in [9.17, 15) is 18.0 Å². The normalized spacial score (nSPS) is 16.8. The van der Waals surface area contributed by atoms with Gasteiger partial charge in [-0.3, -0.25) is 4.79 Å². The zero-order chi connectivity index (χ0) is 23.0. The summed E-state index contributed by atoms with van der Waals surface area (Å²) in [5, 5.41) is 3.21. The maximum Gasteiger partial charge on any atom is 0.389 e. The fourth-order valence-electron chi connectivity index (χ4n) is 3.92. The van der Waals surface area contributed by atoms with Gasteiger partial charge in [-0.2, -0.15) is 13.2 Å². The molecule has 3 heterocycles. The van der Waals surface area contributed by atoms with Crippen LogP contribution in [0.1, 0.15) is 17.5 Å². The average molecular weight is 455 g/mol. The van der Waals surface area contributed by atoms with Gasteiger partial charge in [0, 0.05) is 18.2 Å². The Morgan fingerprint density at radius 1 is 1.12 bits per heavy atom. The highest BCUT2D eigenvalue weighted by molar-refractivity contribution is 6.01. The third-order valence-electron chi connectivity index (χ3n) is 5.57. The van der Waals surface area contributed by atoms with E-state index < -0.39 is 18.7 Å². The molecule has 0 unspecified atom stereocenters. The number of ether oxygens (including phenoxy) is 2. The van der Waals surface area contributed by atoms with Crippen molar-refractivity contribution in [1.29, 1.82) is 0 Å². The van der Waals surface area contributed by atoms with Crippen LogP contribution in [-0.4, -0.2) is 29.8 Å². The lowest BCUT2D eigenvalue weighted by molar-refractivity contribution is -0.134. The third kappa shape index (κ3) is 4.44. The maximum atomic E-state index is 13.6. The first-order valence-electron chi connectivity index (χ1n) is 10.5. The molecular formula is C24H20F3N3O3. The van der Waals surface area contributed by atoms with Crippen LogP contribution in [0.3, 0.4) is 0 Å². The summed E-state index contributed by atoms with van der Waals surface area (Å²) >= 11 is 0. The fraction of sp³-hybridized carbons (Fsp3) is 0.250. The predicted molar refractivity (Wildman–Crippen MR) is 116 cm³/mol. The summed E-state index contributed by atoms with van der Waals surface area (Å²) in [5.74, 6) is 1.26. The zero-order valence-electron chi connectivity index (χ0n) is 17.4. The Balaban J connectivity index is 1.49. The highest BCUT2D eigenvalue weighted by Crippen LogP contribution is 2.38. The Kier molecular flexibility index (Phi) is 5.32. The number of aryl methyl sites for hydroxylation is 1. The highest BCUT2D eigenvalue weighted by atomic mass is 19.4. The fourth-order valence-corrected chi connectivity index (χ4v) is 3.92. The van der Waals surface area contributed by atoms with Gasteiger partial charge >= 0.3 is 6.18 Å². The first-order chi connectivity index (χ1) is 15.9. The minimum absolute atomic E-state index is 0.0305. The minimum Gasteiger partial charge on any atom is -0.485 e. The molecule has 33 heavy (non-hydrogen) atoms. The number of nitrogens with zero attached hydrogens (tertiary/aromatic N) is 2. The largest absolute Gasteiger partial charge is 0.485 e. The Hall–Kier alpha value is -3.75. The van der Waals surface area contributed by atoms with Gasteiger partial charge in [0.15, 0.2) is 11.5 Å². The molecule has 2 aliphatic heterocycles. The second-order valence-corrected chi connectivity index (χ2v) is 7.89. The number of rotatable bonds is 3. The molecule has 0 aliphatic carbocycles. The molecule has 2 aromatic carbocycles. The topological polar surface area (TPSA) is 63.7 Å². The van der Waals surface area contributed by atoms with Crippen molar-refractivity contribution < 1.29 is 27.4 Å². The van der Waals surface area contributed by atoms with Crippen LogP contribution in [0.5, 0.6) is 11.5 Å². The van der Waals surface area contributed by atoms with Crippen molar-refractivity contribution >= 4 is 23.1 Å². The number of hydrogen-bond donors (Lipinski definition) is 1. The number of amides is 1. The third-order valence-corrected chi connectivity index (χ3v) is 5.57. The Bertz CT molecular complexity index is 1200. The summed E-state index contributed by atoms with van der Waals surface area (Å²) in [6, 6.07) is 15.6. The summed E-state index contributed by atoms with van der Waals surface area (Å²) in [6.07, 6.45) is -4.65. The number of anilines is 3. The monoisotopic (exact) mass is 455 g/mol. The van der Waals surface area contributed by atoms with Crippen molar-refractivity contribution in [3.05, 3.63) is 71.9 Å². The molecule has 1 amide bonds. The standard InChI is InChI=1S/C24H20F3N3O3/c25-24(26,27)10-9-15-7-8-17-18(12-15)30(13-16-4-3-11-28-22(16)29-17)23(31)21-14-32-19-5-1-2-6-20(19)33-21/h1-8,11-12,21H,9-10,13-14H2,(H,28,29)/t21-/m1/s1. The predicted octanol–water partition coefficient (Wildman–Crippen LogP) is 5.01. The van der Waals surface area contributed by atoms with E-state index in [1.165, 1.54) is 4.90 Å². The molecule has 0 bridgehead atoms. The van der Waals surface area contributed by atoms with Gasteiger partial charge < -0.3 is 19.7 Å². The van der Waals surface area contributed by atoms with Crippen LogP contribution in [0, 0.1) is 0 Å². The van der Waals surface area contributed by atoms with Crippen molar-refractivity contribution in [2.75, 3.05) is 16.8 Å². The SMILES string of the molecule is O=C([C@H]1COc2ccccc2O1)N1Cc2cccnc2Nc2ccc(CCC(F)(F)F)cc21. The molecule has 9 heteroatoms. The summed E-state index contributed by atoms with van der Waals surface area (Å²) in [7, 11) is 0. The Morgan fingerprint density at radius 2 is 1.94 bits per heavy atom. The molecule has 0 saturated carbocycles. The number of pyridine rings is 1. The van der Waals surface area contributed by atoms with Gasteiger partial charge in [0.1, 0.15) is 12.4 Å². The molecule has 5 rings (SSSR count). The molecule has 6 nitrogen and oxygen atoms in total. The quantitative estimate of drug-likeness (QED) is 0.602. The van der Waals surface area contributed by atoms with Crippen molar-refractivity contribution in [3.63, 3.8) is 0 Å². The average Bonchev–Trinajstić information content (AvgIpc) is 2.98. The van der Waals surface area contributed by atoms with Gasteiger partial charge in [-0.15, -0.1) is 0 Å². The van der Waals surface area contributed by atoms with E-state index in [4.69, 9.17) is 9.47 Å². The van der Waals surface area contributed by atoms with Gasteiger partial charge in [0.25, 0.3) is 5.91 Å². The second kappa shape index (κ2) is 8.31. The molecule has 0 spiro atoms. The number of fused-ring (bicyclic) bond motifs is 3. The Morgan fingerprint density at radius 3 is 2.76 bits per heavy atom. The number of hydrogen-bond acceptors (Lipinski definition) is 5. The van der Waals surface area contributed by atoms with E-state index in [-0.39, 0.29) is 25.5 Å². The summed E-state index contributed by atoms with van der Waals surface area (Å²) in [5.41, 5.74) is 2.31. The molecule has 2 aliphatic rings. The molecule has 0 saturated heterocycles. The number of nitrogens with one attached hydrogen (secondary N) is 1. The molecule has 1 aromatic heterocycles. The number of alkyl halides is 3. The van der Waals surface area contributed by atoms with Crippen LogP contribution >= 0.6 is 0 Å². The molecule has 1 N–H and O–H groups in total. The highest BCUT2D eigenvalue weighted by Gasteiger charge is 2.35. The zero-order valence-corrected chi connectivity index (χ0v) is 17.4. The first kappa shape index (κ1) is 21.1. The van der Waals surface area contributed by atoms with Gasteiger partial charge in [0.05, 0.1) is 17.9 Å².